The van der Waals surface area contributed by atoms with Gasteiger partial charge >= 0.3 is 0 Å². The van der Waals surface area contributed by atoms with Crippen LogP contribution in [-0.4, -0.2) is 9.55 Å². The number of hydrogen-bond acceptors (Lipinski definition) is 1. The largest absolute Gasteiger partial charge is 0.327 e. The minimum atomic E-state index is -0.0306. The summed E-state index contributed by atoms with van der Waals surface area (Å²) in [6.45, 7) is 5.16. The summed E-state index contributed by atoms with van der Waals surface area (Å²) in [5, 5.41) is -0.0306. The van der Waals surface area contributed by atoms with Gasteiger partial charge in [0.25, 0.3) is 0 Å². The van der Waals surface area contributed by atoms with Crippen LogP contribution < -0.4 is 0 Å². The molecule has 3 heteroatoms. The number of rotatable bonds is 4. The van der Waals surface area contributed by atoms with E-state index in [2.05, 4.69) is 29.7 Å². The molecule has 0 aliphatic heterocycles. The lowest BCUT2D eigenvalue weighted by atomic mass is 10.2. The third-order valence-corrected chi connectivity index (χ3v) is 3.94. The zero-order valence-corrected chi connectivity index (χ0v) is 11.7. The van der Waals surface area contributed by atoms with Crippen LogP contribution in [0.3, 0.4) is 0 Å². The van der Waals surface area contributed by atoms with Crippen LogP contribution in [0.1, 0.15) is 43.0 Å². The molecule has 0 bridgehead atoms. The fourth-order valence-electron chi connectivity index (χ4n) is 2.52. The number of benzene rings is 1. The maximum Gasteiger partial charge on any atom is 0.127 e. The van der Waals surface area contributed by atoms with Gasteiger partial charge in [-0.05, 0) is 43.9 Å². The van der Waals surface area contributed by atoms with Crippen molar-refractivity contribution in [3.05, 3.63) is 29.6 Å². The van der Waals surface area contributed by atoms with Crippen LogP contribution in [0.2, 0.25) is 0 Å². The molecule has 1 aliphatic carbocycles. The number of hydrogen-bond donors (Lipinski definition) is 0. The molecule has 0 N–H and O–H groups in total. The Morgan fingerprint density at radius 3 is 2.89 bits per heavy atom. The zero-order valence-electron chi connectivity index (χ0n) is 11.0. The number of fused-ring (bicyclic) bond motifs is 1. The second-order valence-corrected chi connectivity index (χ2v) is 6.12. The number of nitrogens with zero attached hydrogens (tertiary/aromatic N) is 2. The quantitative estimate of drug-likeness (QED) is 0.745. The van der Waals surface area contributed by atoms with Gasteiger partial charge < -0.3 is 4.57 Å². The monoisotopic (exact) mass is 262 g/mol. The number of aryl methyl sites for hydroxylation is 2. The SMILES string of the molecule is Cc1ccc2c(c1)nc(C(C)Cl)n2CCC1CC1. The predicted molar refractivity (Wildman–Crippen MR) is 76.1 cm³/mol. The van der Waals surface area contributed by atoms with Crippen molar-refractivity contribution in [1.82, 2.24) is 9.55 Å². The maximum atomic E-state index is 6.27. The third-order valence-electron chi connectivity index (χ3n) is 3.75. The Kier molecular flexibility index (Phi) is 3.06. The molecule has 3 rings (SSSR count). The number of imidazole rings is 1. The van der Waals surface area contributed by atoms with E-state index in [0.717, 1.165) is 23.8 Å². The van der Waals surface area contributed by atoms with Gasteiger partial charge in [0.05, 0.1) is 16.4 Å². The van der Waals surface area contributed by atoms with Gasteiger partial charge in [0.1, 0.15) is 5.82 Å². The summed E-state index contributed by atoms with van der Waals surface area (Å²) in [4.78, 5) is 4.70. The summed E-state index contributed by atoms with van der Waals surface area (Å²) in [6, 6.07) is 6.47. The average molecular weight is 263 g/mol. The van der Waals surface area contributed by atoms with Crippen molar-refractivity contribution in [2.45, 2.75) is 45.0 Å². The molecule has 96 valence electrons. The van der Waals surface area contributed by atoms with Gasteiger partial charge in [-0.15, -0.1) is 11.6 Å². The van der Waals surface area contributed by atoms with E-state index in [1.54, 1.807) is 0 Å². The van der Waals surface area contributed by atoms with Crippen molar-refractivity contribution in [2.75, 3.05) is 0 Å². The van der Waals surface area contributed by atoms with Crippen molar-refractivity contribution in [2.24, 2.45) is 5.92 Å². The summed E-state index contributed by atoms with van der Waals surface area (Å²) in [6.07, 6.45) is 4.06. The van der Waals surface area contributed by atoms with Crippen molar-refractivity contribution in [3.63, 3.8) is 0 Å². The molecule has 1 aromatic carbocycles. The Morgan fingerprint density at radius 1 is 1.44 bits per heavy atom. The molecule has 18 heavy (non-hydrogen) atoms. The second-order valence-electron chi connectivity index (χ2n) is 5.46. The van der Waals surface area contributed by atoms with E-state index < -0.39 is 0 Å². The topological polar surface area (TPSA) is 17.8 Å². The summed E-state index contributed by atoms with van der Waals surface area (Å²) in [5.41, 5.74) is 3.56. The van der Waals surface area contributed by atoms with Crippen molar-refractivity contribution in [1.29, 1.82) is 0 Å². The highest BCUT2D eigenvalue weighted by molar-refractivity contribution is 6.20. The van der Waals surface area contributed by atoms with E-state index in [4.69, 9.17) is 16.6 Å². The molecule has 1 fully saturated rings. The van der Waals surface area contributed by atoms with Crippen molar-refractivity contribution >= 4 is 22.6 Å². The van der Waals surface area contributed by atoms with Crippen molar-refractivity contribution in [3.8, 4) is 0 Å². The van der Waals surface area contributed by atoms with E-state index in [1.807, 2.05) is 6.92 Å². The van der Waals surface area contributed by atoms with Gasteiger partial charge in [0.15, 0.2) is 0 Å². The summed E-state index contributed by atoms with van der Waals surface area (Å²) < 4.78 is 2.31. The molecule has 1 saturated carbocycles. The number of alkyl halides is 1. The molecule has 1 unspecified atom stereocenters. The van der Waals surface area contributed by atoms with Crippen molar-refractivity contribution < 1.29 is 0 Å². The van der Waals surface area contributed by atoms with Crippen LogP contribution in [0.25, 0.3) is 11.0 Å². The van der Waals surface area contributed by atoms with Gasteiger partial charge in [-0.3, -0.25) is 0 Å². The van der Waals surface area contributed by atoms with Gasteiger partial charge in [-0.1, -0.05) is 18.9 Å². The predicted octanol–water partition coefficient (Wildman–Crippen LogP) is 4.44. The minimum absolute atomic E-state index is 0.0306. The molecular formula is C15H19ClN2. The molecular weight excluding hydrogens is 244 g/mol. The van der Waals surface area contributed by atoms with E-state index in [0.29, 0.717) is 0 Å². The first-order valence-corrected chi connectivity index (χ1v) is 7.19. The molecule has 0 amide bonds. The molecule has 0 radical (unpaired) electrons. The molecule has 1 aromatic heterocycles. The van der Waals surface area contributed by atoms with E-state index in [-0.39, 0.29) is 5.38 Å². The average Bonchev–Trinajstić information content (AvgIpc) is 3.07. The van der Waals surface area contributed by atoms with Gasteiger partial charge in [0.2, 0.25) is 0 Å². The van der Waals surface area contributed by atoms with Crippen LogP contribution in [0.15, 0.2) is 18.2 Å². The Morgan fingerprint density at radius 2 is 2.22 bits per heavy atom. The molecule has 0 spiro atoms. The summed E-state index contributed by atoms with van der Waals surface area (Å²) in [5.74, 6) is 1.95. The molecule has 2 nitrogen and oxygen atoms in total. The first-order chi connectivity index (χ1) is 8.65. The Balaban J connectivity index is 2.02. The molecule has 0 saturated heterocycles. The van der Waals surface area contributed by atoms with Crippen LogP contribution in [-0.2, 0) is 6.54 Å². The zero-order chi connectivity index (χ0) is 12.7. The van der Waals surface area contributed by atoms with Gasteiger partial charge in [-0.25, -0.2) is 4.98 Å². The fraction of sp³-hybridized carbons (Fsp3) is 0.533. The lowest BCUT2D eigenvalue weighted by Crippen LogP contribution is -2.05. The van der Waals surface area contributed by atoms with Crippen LogP contribution >= 0.6 is 11.6 Å². The highest BCUT2D eigenvalue weighted by Crippen LogP contribution is 2.34. The molecule has 1 aliphatic rings. The first kappa shape index (κ1) is 12.0. The second kappa shape index (κ2) is 4.58. The standard InChI is InChI=1S/C15H19ClN2/c1-10-3-6-14-13(9-10)17-15(11(2)16)18(14)8-7-12-4-5-12/h3,6,9,11-12H,4-5,7-8H2,1-2H3. The lowest BCUT2D eigenvalue weighted by molar-refractivity contribution is 0.585. The lowest BCUT2D eigenvalue weighted by Gasteiger charge is -2.10. The minimum Gasteiger partial charge on any atom is -0.327 e. The van der Waals surface area contributed by atoms with Crippen LogP contribution in [0.5, 0.6) is 0 Å². The van der Waals surface area contributed by atoms with E-state index >= 15 is 0 Å². The van der Waals surface area contributed by atoms with Gasteiger partial charge in [0, 0.05) is 6.54 Å². The highest BCUT2D eigenvalue weighted by Gasteiger charge is 2.22. The Bertz CT molecular complexity index is 567. The smallest absolute Gasteiger partial charge is 0.127 e. The van der Waals surface area contributed by atoms with Gasteiger partial charge in [-0.2, -0.15) is 0 Å². The molecule has 1 heterocycles. The summed E-state index contributed by atoms with van der Waals surface area (Å²) in [7, 11) is 0. The first-order valence-electron chi connectivity index (χ1n) is 6.76. The summed E-state index contributed by atoms with van der Waals surface area (Å²) >= 11 is 6.27. The number of aromatic nitrogens is 2. The number of halogens is 1. The van der Waals surface area contributed by atoms with E-state index in [9.17, 15) is 0 Å². The Labute approximate surface area is 113 Å². The normalized spacial score (nSPS) is 17.3. The van der Waals surface area contributed by atoms with E-state index in [1.165, 1.54) is 30.3 Å². The van der Waals surface area contributed by atoms with Crippen LogP contribution in [0, 0.1) is 12.8 Å². The molecule has 2 aromatic rings. The highest BCUT2D eigenvalue weighted by atomic mass is 35.5. The third kappa shape index (κ3) is 2.26. The maximum absolute atomic E-state index is 6.27. The molecule has 1 atom stereocenters. The Hall–Kier alpha value is -1.02. The van der Waals surface area contributed by atoms with Crippen LogP contribution in [0.4, 0.5) is 0 Å². The fourth-order valence-corrected chi connectivity index (χ4v) is 2.68.